The molecule has 0 atom stereocenters. The van der Waals surface area contributed by atoms with Crippen LogP contribution in [0.1, 0.15) is 11.1 Å². The van der Waals surface area contributed by atoms with Crippen molar-refractivity contribution in [3.8, 4) is 11.5 Å². The highest BCUT2D eigenvalue weighted by atomic mass is 79.9. The molecule has 2 aromatic rings. The molecule has 0 heterocycles. The van der Waals surface area contributed by atoms with E-state index in [1.807, 2.05) is 0 Å². The highest BCUT2D eigenvalue weighted by molar-refractivity contribution is 9.10. The maximum atomic E-state index is 12.7. The summed E-state index contributed by atoms with van der Waals surface area (Å²) in [5, 5.41) is 7.46. The Hall–Kier alpha value is -2.02. The zero-order valence-corrected chi connectivity index (χ0v) is 12.1. The van der Waals surface area contributed by atoms with Crippen molar-refractivity contribution < 1.29 is 17.9 Å². The third-order valence-corrected chi connectivity index (χ3v) is 3.12. The van der Waals surface area contributed by atoms with Crippen LogP contribution in [0.25, 0.3) is 0 Å². The van der Waals surface area contributed by atoms with Crippen LogP contribution in [0.4, 0.5) is 13.2 Å². The highest BCUT2D eigenvalue weighted by Gasteiger charge is 2.30. The number of halogens is 4. The molecule has 7 heteroatoms. The topological polar surface area (TPSA) is 59.1 Å². The number of nitrogens with two attached hydrogens (primary N) is 1. The quantitative estimate of drug-likeness (QED) is 0.624. The van der Waals surface area contributed by atoms with Crippen LogP contribution < -0.4 is 10.5 Å². The monoisotopic (exact) mass is 358 g/mol. The number of nitrogens with one attached hydrogen (secondary N) is 1. The first-order chi connectivity index (χ1) is 9.77. The van der Waals surface area contributed by atoms with E-state index >= 15 is 0 Å². The maximum absolute atomic E-state index is 12.7. The van der Waals surface area contributed by atoms with Crippen LogP contribution in [0.5, 0.6) is 11.5 Å². The van der Waals surface area contributed by atoms with Crippen LogP contribution in [0.3, 0.4) is 0 Å². The Morgan fingerprint density at radius 1 is 1.14 bits per heavy atom. The summed E-state index contributed by atoms with van der Waals surface area (Å²) in [5.74, 6) is -0.00824. The minimum absolute atomic E-state index is 0.0189. The second-order valence-corrected chi connectivity index (χ2v) is 5.10. The van der Waals surface area contributed by atoms with Crippen molar-refractivity contribution in [2.45, 2.75) is 6.18 Å². The van der Waals surface area contributed by atoms with Crippen molar-refractivity contribution in [2.75, 3.05) is 0 Å². The number of hydrogen-bond donors (Lipinski definition) is 2. The van der Waals surface area contributed by atoms with Crippen LogP contribution in [-0.4, -0.2) is 5.84 Å². The first kappa shape index (κ1) is 15.4. The summed E-state index contributed by atoms with van der Waals surface area (Å²) >= 11 is 3.23. The molecule has 0 amide bonds. The van der Waals surface area contributed by atoms with Gasteiger partial charge in [-0.1, -0.05) is 22.0 Å². The lowest BCUT2D eigenvalue weighted by Crippen LogP contribution is -2.12. The van der Waals surface area contributed by atoms with E-state index in [-0.39, 0.29) is 17.3 Å². The molecule has 21 heavy (non-hydrogen) atoms. The first-order valence-corrected chi connectivity index (χ1v) is 6.56. The van der Waals surface area contributed by atoms with Gasteiger partial charge in [0, 0.05) is 4.47 Å². The summed E-state index contributed by atoms with van der Waals surface area (Å²) < 4.78 is 44.1. The molecule has 0 saturated carbocycles. The molecule has 0 radical (unpaired) electrons. The van der Waals surface area contributed by atoms with Crippen molar-refractivity contribution in [1.82, 2.24) is 0 Å². The van der Waals surface area contributed by atoms with Gasteiger partial charge in [-0.2, -0.15) is 13.2 Å². The van der Waals surface area contributed by atoms with Crippen LogP contribution in [0.2, 0.25) is 0 Å². The zero-order chi connectivity index (χ0) is 15.6. The third-order valence-electron chi connectivity index (χ3n) is 2.62. The molecule has 0 aromatic heterocycles. The molecule has 0 aliphatic carbocycles. The lowest BCUT2D eigenvalue weighted by atomic mass is 10.1. The summed E-state index contributed by atoms with van der Waals surface area (Å²) in [6.07, 6.45) is -4.44. The summed E-state index contributed by atoms with van der Waals surface area (Å²) in [6, 6.07) is 9.26. The van der Waals surface area contributed by atoms with Gasteiger partial charge in [0.15, 0.2) is 0 Å². The Bertz CT molecular complexity index is 686. The number of rotatable bonds is 3. The van der Waals surface area contributed by atoms with Gasteiger partial charge in [0.05, 0.1) is 11.1 Å². The largest absolute Gasteiger partial charge is 0.457 e. The smallest absolute Gasteiger partial charge is 0.416 e. The van der Waals surface area contributed by atoms with Gasteiger partial charge >= 0.3 is 6.18 Å². The standard InChI is InChI=1S/C14H10BrF3N2O/c15-9-4-5-11(13(19)20)12(7-9)21-10-3-1-2-8(6-10)14(16,17)18/h1-7H,(H3,19,20). The Labute approximate surface area is 127 Å². The fraction of sp³-hybridized carbons (Fsp3) is 0.0714. The molecule has 110 valence electrons. The molecule has 0 aliphatic rings. The molecule has 0 saturated heterocycles. The lowest BCUT2D eigenvalue weighted by molar-refractivity contribution is -0.137. The summed E-state index contributed by atoms with van der Waals surface area (Å²) in [5.41, 5.74) is 4.92. The fourth-order valence-electron chi connectivity index (χ4n) is 1.67. The summed E-state index contributed by atoms with van der Waals surface area (Å²) in [6.45, 7) is 0. The molecule has 2 aromatic carbocycles. The highest BCUT2D eigenvalue weighted by Crippen LogP contribution is 2.34. The van der Waals surface area contributed by atoms with Crippen LogP contribution >= 0.6 is 15.9 Å². The van der Waals surface area contributed by atoms with Gasteiger partial charge in [-0.3, -0.25) is 5.41 Å². The number of benzene rings is 2. The van der Waals surface area contributed by atoms with E-state index in [1.54, 1.807) is 12.1 Å². The van der Waals surface area contributed by atoms with E-state index in [0.29, 0.717) is 10.0 Å². The van der Waals surface area contributed by atoms with Crippen LogP contribution in [-0.2, 0) is 6.18 Å². The minimum Gasteiger partial charge on any atom is -0.457 e. The molecule has 0 fully saturated rings. The predicted octanol–water partition coefficient (Wildman–Crippen LogP) is 4.54. The number of alkyl halides is 3. The molecule has 0 unspecified atom stereocenters. The number of hydrogen-bond acceptors (Lipinski definition) is 2. The zero-order valence-electron chi connectivity index (χ0n) is 10.5. The number of ether oxygens (including phenoxy) is 1. The molecule has 2 rings (SSSR count). The van der Waals surface area contributed by atoms with E-state index < -0.39 is 11.7 Å². The van der Waals surface area contributed by atoms with Crippen LogP contribution in [0, 0.1) is 5.41 Å². The van der Waals surface area contributed by atoms with E-state index in [9.17, 15) is 13.2 Å². The minimum atomic E-state index is -4.44. The van der Waals surface area contributed by atoms with Crippen molar-refractivity contribution in [3.05, 3.63) is 58.1 Å². The second-order valence-electron chi connectivity index (χ2n) is 4.18. The maximum Gasteiger partial charge on any atom is 0.416 e. The average molecular weight is 359 g/mol. The molecule has 0 aliphatic heterocycles. The Kier molecular flexibility index (Phi) is 4.22. The summed E-state index contributed by atoms with van der Waals surface area (Å²) in [7, 11) is 0. The Morgan fingerprint density at radius 2 is 1.86 bits per heavy atom. The normalized spacial score (nSPS) is 11.2. The fourth-order valence-corrected chi connectivity index (χ4v) is 2.01. The Morgan fingerprint density at radius 3 is 2.48 bits per heavy atom. The second kappa shape index (κ2) is 5.77. The van der Waals surface area contributed by atoms with E-state index in [1.165, 1.54) is 18.2 Å². The average Bonchev–Trinajstić information content (AvgIpc) is 2.37. The van der Waals surface area contributed by atoms with Gasteiger partial charge in [0.25, 0.3) is 0 Å². The van der Waals surface area contributed by atoms with Gasteiger partial charge < -0.3 is 10.5 Å². The van der Waals surface area contributed by atoms with Crippen LogP contribution in [0.15, 0.2) is 46.9 Å². The molecule has 0 spiro atoms. The molecular weight excluding hydrogens is 349 g/mol. The SMILES string of the molecule is N=C(N)c1ccc(Br)cc1Oc1cccc(C(F)(F)F)c1. The van der Waals surface area contributed by atoms with Gasteiger partial charge in [-0.05, 0) is 36.4 Å². The van der Waals surface area contributed by atoms with Crippen molar-refractivity contribution >= 4 is 21.8 Å². The van der Waals surface area contributed by atoms with Crippen molar-refractivity contribution in [3.63, 3.8) is 0 Å². The molecule has 0 bridgehead atoms. The van der Waals surface area contributed by atoms with Gasteiger partial charge in [0.1, 0.15) is 17.3 Å². The predicted molar refractivity (Wildman–Crippen MR) is 76.7 cm³/mol. The lowest BCUT2D eigenvalue weighted by Gasteiger charge is -2.12. The van der Waals surface area contributed by atoms with E-state index in [2.05, 4.69) is 15.9 Å². The van der Waals surface area contributed by atoms with Gasteiger partial charge in [-0.25, -0.2) is 0 Å². The molecule has 3 nitrogen and oxygen atoms in total. The van der Waals surface area contributed by atoms with Gasteiger partial charge in [-0.15, -0.1) is 0 Å². The van der Waals surface area contributed by atoms with Gasteiger partial charge in [0.2, 0.25) is 0 Å². The third kappa shape index (κ3) is 3.75. The van der Waals surface area contributed by atoms with E-state index in [0.717, 1.165) is 12.1 Å². The molecular formula is C14H10BrF3N2O. The van der Waals surface area contributed by atoms with Crippen molar-refractivity contribution in [1.29, 1.82) is 5.41 Å². The Balaban J connectivity index is 2.39. The number of nitrogen functional groups attached to an aromatic ring is 1. The van der Waals surface area contributed by atoms with E-state index in [4.69, 9.17) is 15.9 Å². The molecule has 3 N–H and O–H groups in total. The summed E-state index contributed by atoms with van der Waals surface area (Å²) in [4.78, 5) is 0. The van der Waals surface area contributed by atoms with Crippen molar-refractivity contribution in [2.24, 2.45) is 5.73 Å². The first-order valence-electron chi connectivity index (χ1n) is 5.76. The number of amidine groups is 1.